The van der Waals surface area contributed by atoms with Gasteiger partial charge in [0.25, 0.3) is 0 Å². The maximum Gasteiger partial charge on any atom is 0.0647 e. The summed E-state index contributed by atoms with van der Waals surface area (Å²) in [5, 5.41) is 13.5. The molecule has 2 rings (SSSR count). The third-order valence-corrected chi connectivity index (χ3v) is 3.20. The van der Waals surface area contributed by atoms with Crippen LogP contribution in [0.1, 0.15) is 6.92 Å². The Kier molecular flexibility index (Phi) is 3.69. The zero-order valence-electron chi connectivity index (χ0n) is 9.36. The van der Waals surface area contributed by atoms with Crippen molar-refractivity contribution in [2.75, 3.05) is 24.6 Å². The van der Waals surface area contributed by atoms with Crippen molar-refractivity contribution < 1.29 is 5.11 Å². The van der Waals surface area contributed by atoms with E-state index >= 15 is 0 Å². The van der Waals surface area contributed by atoms with Crippen LogP contribution in [0.2, 0.25) is 5.02 Å². The minimum atomic E-state index is 0.134. The molecule has 1 aliphatic heterocycles. The molecule has 0 aliphatic carbocycles. The first-order chi connectivity index (χ1) is 7.70. The molecule has 0 aromatic heterocycles. The Bertz CT molecular complexity index is 359. The summed E-state index contributed by atoms with van der Waals surface area (Å²) in [5.74, 6) is 0. The third-order valence-electron chi connectivity index (χ3n) is 2.96. The highest BCUT2D eigenvalue weighted by molar-refractivity contribution is 6.30. The third kappa shape index (κ3) is 2.48. The minimum absolute atomic E-state index is 0.134. The predicted octanol–water partition coefficient (Wildman–Crippen LogP) is 1.50. The Balaban J connectivity index is 2.22. The zero-order valence-corrected chi connectivity index (χ0v) is 10.1. The fraction of sp³-hybridized carbons (Fsp3) is 0.500. The maximum absolute atomic E-state index is 9.36. The summed E-state index contributed by atoms with van der Waals surface area (Å²) in [7, 11) is 0. The largest absolute Gasteiger partial charge is 0.394 e. The fourth-order valence-corrected chi connectivity index (χ4v) is 2.27. The number of halogens is 1. The van der Waals surface area contributed by atoms with Crippen LogP contribution >= 0.6 is 11.6 Å². The zero-order chi connectivity index (χ0) is 11.5. The molecule has 0 spiro atoms. The second-order valence-electron chi connectivity index (χ2n) is 4.28. The van der Waals surface area contributed by atoms with E-state index < -0.39 is 0 Å². The number of rotatable bonds is 2. The van der Waals surface area contributed by atoms with Crippen molar-refractivity contribution in [3.8, 4) is 0 Å². The standard InChI is InChI=1S/C12H17ClN2O/c1-9-7-15(12(8-16)6-14-9)11-4-2-3-10(13)5-11/h2-5,9,12,14,16H,6-8H2,1H3. The van der Waals surface area contributed by atoms with Crippen molar-refractivity contribution in [3.63, 3.8) is 0 Å². The molecule has 4 heteroatoms. The van der Waals surface area contributed by atoms with Crippen molar-refractivity contribution >= 4 is 17.3 Å². The van der Waals surface area contributed by atoms with E-state index in [0.717, 1.165) is 23.8 Å². The Morgan fingerprint density at radius 3 is 3.06 bits per heavy atom. The van der Waals surface area contributed by atoms with E-state index in [1.54, 1.807) is 0 Å². The molecule has 16 heavy (non-hydrogen) atoms. The molecule has 0 saturated carbocycles. The average molecular weight is 241 g/mol. The molecule has 1 saturated heterocycles. The Labute approximate surface area is 101 Å². The summed E-state index contributed by atoms with van der Waals surface area (Å²) in [4.78, 5) is 2.22. The van der Waals surface area contributed by atoms with Crippen LogP contribution in [0.3, 0.4) is 0 Å². The maximum atomic E-state index is 9.36. The molecule has 88 valence electrons. The van der Waals surface area contributed by atoms with Gasteiger partial charge >= 0.3 is 0 Å². The lowest BCUT2D eigenvalue weighted by molar-refractivity contribution is 0.237. The molecule has 3 nitrogen and oxygen atoms in total. The van der Waals surface area contributed by atoms with Gasteiger partial charge < -0.3 is 15.3 Å². The van der Waals surface area contributed by atoms with Gasteiger partial charge in [0.15, 0.2) is 0 Å². The van der Waals surface area contributed by atoms with Crippen molar-refractivity contribution in [1.82, 2.24) is 5.32 Å². The van der Waals surface area contributed by atoms with Gasteiger partial charge in [0.05, 0.1) is 12.6 Å². The van der Waals surface area contributed by atoms with E-state index in [2.05, 4.69) is 17.1 Å². The van der Waals surface area contributed by atoms with Gasteiger partial charge in [0.1, 0.15) is 0 Å². The van der Waals surface area contributed by atoms with Crippen molar-refractivity contribution in [2.24, 2.45) is 0 Å². The topological polar surface area (TPSA) is 35.5 Å². The van der Waals surface area contributed by atoms with Crippen molar-refractivity contribution in [2.45, 2.75) is 19.0 Å². The van der Waals surface area contributed by atoms with E-state index in [-0.39, 0.29) is 12.6 Å². The van der Waals surface area contributed by atoms with Gasteiger partial charge in [-0.05, 0) is 25.1 Å². The highest BCUT2D eigenvalue weighted by Gasteiger charge is 2.25. The first kappa shape index (κ1) is 11.7. The molecular weight excluding hydrogens is 224 g/mol. The van der Waals surface area contributed by atoms with Gasteiger partial charge in [-0.1, -0.05) is 17.7 Å². The SMILES string of the molecule is CC1CN(c2cccc(Cl)c2)C(CO)CN1. The van der Waals surface area contributed by atoms with Gasteiger partial charge in [-0.2, -0.15) is 0 Å². The van der Waals surface area contributed by atoms with Gasteiger partial charge in [0, 0.05) is 29.8 Å². The molecule has 2 N–H and O–H groups in total. The summed E-state index contributed by atoms with van der Waals surface area (Å²) >= 11 is 5.99. The van der Waals surface area contributed by atoms with Crippen LogP contribution in [-0.4, -0.2) is 36.9 Å². The molecule has 1 aliphatic rings. The predicted molar refractivity (Wildman–Crippen MR) is 67.1 cm³/mol. The monoisotopic (exact) mass is 240 g/mol. The Hall–Kier alpha value is -0.770. The van der Waals surface area contributed by atoms with Gasteiger partial charge in [-0.15, -0.1) is 0 Å². The number of anilines is 1. The average Bonchev–Trinajstić information content (AvgIpc) is 2.29. The van der Waals surface area contributed by atoms with Crippen LogP contribution in [0.5, 0.6) is 0 Å². The lowest BCUT2D eigenvalue weighted by Gasteiger charge is -2.40. The van der Waals surface area contributed by atoms with Gasteiger partial charge in [-0.3, -0.25) is 0 Å². The Morgan fingerprint density at radius 1 is 1.56 bits per heavy atom. The number of aliphatic hydroxyl groups is 1. The van der Waals surface area contributed by atoms with Crippen LogP contribution < -0.4 is 10.2 Å². The fourth-order valence-electron chi connectivity index (χ4n) is 2.09. The molecule has 0 amide bonds. The molecule has 1 aromatic rings. The number of hydrogen-bond donors (Lipinski definition) is 2. The molecule has 0 radical (unpaired) electrons. The van der Waals surface area contributed by atoms with E-state index in [1.165, 1.54) is 0 Å². The van der Waals surface area contributed by atoms with Gasteiger partial charge in [-0.25, -0.2) is 0 Å². The van der Waals surface area contributed by atoms with Crippen molar-refractivity contribution in [3.05, 3.63) is 29.3 Å². The van der Waals surface area contributed by atoms with Gasteiger partial charge in [0.2, 0.25) is 0 Å². The highest BCUT2D eigenvalue weighted by Crippen LogP contribution is 2.23. The second kappa shape index (κ2) is 5.04. The summed E-state index contributed by atoms with van der Waals surface area (Å²) in [6.07, 6.45) is 0. The van der Waals surface area contributed by atoms with Crippen LogP contribution in [-0.2, 0) is 0 Å². The molecule has 2 unspecified atom stereocenters. The smallest absolute Gasteiger partial charge is 0.0647 e. The number of hydrogen-bond acceptors (Lipinski definition) is 3. The van der Waals surface area contributed by atoms with Crippen molar-refractivity contribution in [1.29, 1.82) is 0 Å². The van der Waals surface area contributed by atoms with E-state index in [4.69, 9.17) is 11.6 Å². The minimum Gasteiger partial charge on any atom is -0.394 e. The number of benzene rings is 1. The number of aliphatic hydroxyl groups excluding tert-OH is 1. The van der Waals surface area contributed by atoms with E-state index in [1.807, 2.05) is 24.3 Å². The number of piperazine rings is 1. The molecule has 1 fully saturated rings. The molecule has 1 aromatic carbocycles. The van der Waals surface area contributed by atoms with E-state index in [9.17, 15) is 5.11 Å². The number of nitrogens with zero attached hydrogens (tertiary/aromatic N) is 1. The summed E-state index contributed by atoms with van der Waals surface area (Å²) < 4.78 is 0. The lowest BCUT2D eigenvalue weighted by atomic mass is 10.1. The highest BCUT2D eigenvalue weighted by atomic mass is 35.5. The first-order valence-corrected chi connectivity index (χ1v) is 5.95. The Morgan fingerprint density at radius 2 is 2.38 bits per heavy atom. The summed E-state index contributed by atoms with van der Waals surface area (Å²) in [6, 6.07) is 8.36. The molecular formula is C12H17ClN2O. The molecule has 0 bridgehead atoms. The van der Waals surface area contributed by atoms with Crippen LogP contribution in [0.25, 0.3) is 0 Å². The van der Waals surface area contributed by atoms with Crippen LogP contribution in [0, 0.1) is 0 Å². The van der Waals surface area contributed by atoms with Crippen LogP contribution in [0.15, 0.2) is 24.3 Å². The number of nitrogens with one attached hydrogen (secondary N) is 1. The first-order valence-electron chi connectivity index (χ1n) is 5.57. The normalized spacial score (nSPS) is 25.8. The second-order valence-corrected chi connectivity index (χ2v) is 4.71. The quantitative estimate of drug-likeness (QED) is 0.823. The lowest BCUT2D eigenvalue weighted by Crippen LogP contribution is -2.57. The summed E-state index contributed by atoms with van der Waals surface area (Å²) in [6.45, 7) is 4.01. The molecule has 2 atom stereocenters. The summed E-state index contributed by atoms with van der Waals surface area (Å²) in [5.41, 5.74) is 1.08. The molecule has 1 heterocycles. The van der Waals surface area contributed by atoms with E-state index in [0.29, 0.717) is 6.04 Å². The van der Waals surface area contributed by atoms with Crippen LogP contribution in [0.4, 0.5) is 5.69 Å².